The third-order valence-corrected chi connectivity index (χ3v) is 3.07. The van der Waals surface area contributed by atoms with E-state index in [-0.39, 0.29) is 5.25 Å². The van der Waals surface area contributed by atoms with Crippen LogP contribution >= 0.6 is 11.8 Å². The van der Waals surface area contributed by atoms with Gasteiger partial charge in [-0.25, -0.2) is 0 Å². The van der Waals surface area contributed by atoms with Crippen LogP contribution in [0.4, 0.5) is 0 Å². The Bertz CT molecular complexity index is 332. The second-order valence-corrected chi connectivity index (χ2v) is 4.91. The molecule has 0 N–H and O–H groups in total. The van der Waals surface area contributed by atoms with Crippen LogP contribution in [-0.4, -0.2) is 5.25 Å². The molecule has 0 heterocycles. The Morgan fingerprint density at radius 2 is 1.86 bits per heavy atom. The van der Waals surface area contributed by atoms with Gasteiger partial charge in [-0.1, -0.05) is 29.3 Å². The normalized spacial score (nSPS) is 12.1. The van der Waals surface area contributed by atoms with Gasteiger partial charge in [0.1, 0.15) is 0 Å². The fourth-order valence-corrected chi connectivity index (χ4v) is 2.09. The van der Waals surface area contributed by atoms with Gasteiger partial charge in [0.2, 0.25) is 0 Å². The van der Waals surface area contributed by atoms with Crippen molar-refractivity contribution in [1.29, 1.82) is 5.26 Å². The maximum Gasteiger partial charge on any atom is 0.0891 e. The van der Waals surface area contributed by atoms with Crippen molar-refractivity contribution in [3.63, 3.8) is 0 Å². The van der Waals surface area contributed by atoms with Crippen molar-refractivity contribution in [3.8, 4) is 6.07 Å². The third kappa shape index (κ3) is 3.43. The van der Waals surface area contributed by atoms with E-state index >= 15 is 0 Å². The van der Waals surface area contributed by atoms with Crippen molar-refractivity contribution < 1.29 is 0 Å². The molecule has 2 heteroatoms. The number of hydrogen-bond acceptors (Lipinski definition) is 2. The lowest BCUT2D eigenvalue weighted by molar-refractivity contribution is 1.22. The van der Waals surface area contributed by atoms with Gasteiger partial charge in [0.05, 0.1) is 11.3 Å². The van der Waals surface area contributed by atoms with Crippen LogP contribution in [0.15, 0.2) is 18.2 Å². The SMILES string of the molecule is Cc1cc(C)cc(CSC(C)C#N)c1. The molecule has 14 heavy (non-hydrogen) atoms. The summed E-state index contributed by atoms with van der Waals surface area (Å²) in [5.41, 5.74) is 3.91. The summed E-state index contributed by atoms with van der Waals surface area (Å²) in [6.45, 7) is 6.15. The lowest BCUT2D eigenvalue weighted by atomic mass is 10.1. The Kier molecular flexibility index (Phi) is 4.03. The Morgan fingerprint density at radius 3 is 2.36 bits per heavy atom. The number of rotatable bonds is 3. The Balaban J connectivity index is 2.64. The van der Waals surface area contributed by atoms with Crippen molar-refractivity contribution in [2.45, 2.75) is 31.8 Å². The highest BCUT2D eigenvalue weighted by Crippen LogP contribution is 2.19. The molecule has 0 saturated heterocycles. The van der Waals surface area contributed by atoms with Crippen molar-refractivity contribution in [2.24, 2.45) is 0 Å². The van der Waals surface area contributed by atoms with Gasteiger partial charge in [-0.15, -0.1) is 11.8 Å². The van der Waals surface area contributed by atoms with Gasteiger partial charge >= 0.3 is 0 Å². The number of hydrogen-bond donors (Lipinski definition) is 0. The maximum atomic E-state index is 8.65. The maximum absolute atomic E-state index is 8.65. The molecule has 1 aromatic rings. The topological polar surface area (TPSA) is 23.8 Å². The first kappa shape index (κ1) is 11.1. The molecule has 0 bridgehead atoms. The zero-order chi connectivity index (χ0) is 10.6. The summed E-state index contributed by atoms with van der Waals surface area (Å²) in [6, 6.07) is 8.77. The predicted octanol–water partition coefficient (Wildman–Crippen LogP) is 3.45. The van der Waals surface area contributed by atoms with Crippen LogP contribution in [0.3, 0.4) is 0 Å². The molecule has 0 spiro atoms. The van der Waals surface area contributed by atoms with E-state index in [0.29, 0.717) is 0 Å². The first-order valence-electron chi connectivity index (χ1n) is 4.70. The van der Waals surface area contributed by atoms with E-state index in [9.17, 15) is 0 Å². The van der Waals surface area contributed by atoms with E-state index in [4.69, 9.17) is 5.26 Å². The van der Waals surface area contributed by atoms with Crippen LogP contribution in [0.2, 0.25) is 0 Å². The zero-order valence-electron chi connectivity index (χ0n) is 8.87. The number of nitrogens with zero attached hydrogens (tertiary/aromatic N) is 1. The van der Waals surface area contributed by atoms with Crippen LogP contribution in [0.25, 0.3) is 0 Å². The van der Waals surface area contributed by atoms with Crippen LogP contribution in [0.5, 0.6) is 0 Å². The number of thioether (sulfide) groups is 1. The molecule has 0 amide bonds. The molecular formula is C12H15NS. The second kappa shape index (κ2) is 5.07. The molecule has 0 radical (unpaired) electrons. The van der Waals surface area contributed by atoms with Gasteiger partial charge < -0.3 is 0 Å². The van der Waals surface area contributed by atoms with Crippen molar-refractivity contribution >= 4 is 11.8 Å². The molecule has 1 rings (SSSR count). The molecule has 0 aliphatic heterocycles. The Morgan fingerprint density at radius 1 is 1.29 bits per heavy atom. The summed E-state index contributed by atoms with van der Waals surface area (Å²) < 4.78 is 0. The van der Waals surface area contributed by atoms with E-state index in [2.05, 4.69) is 38.1 Å². The van der Waals surface area contributed by atoms with E-state index in [1.807, 2.05) is 6.92 Å². The van der Waals surface area contributed by atoms with Crippen LogP contribution < -0.4 is 0 Å². The first-order chi connectivity index (χ1) is 6.61. The van der Waals surface area contributed by atoms with Crippen molar-refractivity contribution in [3.05, 3.63) is 34.9 Å². The molecule has 1 atom stereocenters. The van der Waals surface area contributed by atoms with Gasteiger partial charge in [-0.2, -0.15) is 5.26 Å². The molecule has 1 unspecified atom stereocenters. The van der Waals surface area contributed by atoms with E-state index in [0.717, 1.165) is 5.75 Å². The first-order valence-corrected chi connectivity index (χ1v) is 5.75. The Hall–Kier alpha value is -0.940. The molecule has 0 aliphatic rings. The fourth-order valence-electron chi connectivity index (χ4n) is 1.41. The third-order valence-electron chi connectivity index (χ3n) is 1.96. The largest absolute Gasteiger partial charge is 0.197 e. The average molecular weight is 205 g/mol. The summed E-state index contributed by atoms with van der Waals surface area (Å²) in [6.07, 6.45) is 0. The predicted molar refractivity (Wildman–Crippen MR) is 62.3 cm³/mol. The highest BCUT2D eigenvalue weighted by molar-refractivity contribution is 7.99. The number of nitriles is 1. The minimum atomic E-state index is 0.0795. The summed E-state index contributed by atoms with van der Waals surface area (Å²) >= 11 is 1.69. The van der Waals surface area contributed by atoms with Gasteiger partial charge in [0.15, 0.2) is 0 Å². The fraction of sp³-hybridized carbons (Fsp3) is 0.417. The van der Waals surface area contributed by atoms with Gasteiger partial charge in [0.25, 0.3) is 0 Å². The zero-order valence-corrected chi connectivity index (χ0v) is 9.69. The molecule has 0 fully saturated rings. The minimum Gasteiger partial charge on any atom is -0.197 e. The van der Waals surface area contributed by atoms with Gasteiger partial charge in [-0.3, -0.25) is 0 Å². The minimum absolute atomic E-state index is 0.0795. The molecule has 1 aromatic carbocycles. The van der Waals surface area contributed by atoms with Crippen molar-refractivity contribution in [1.82, 2.24) is 0 Å². The summed E-state index contributed by atoms with van der Waals surface area (Å²) in [5, 5.41) is 8.73. The molecule has 0 aliphatic carbocycles. The Labute approximate surface area is 90.1 Å². The van der Waals surface area contributed by atoms with Crippen molar-refractivity contribution in [2.75, 3.05) is 0 Å². The second-order valence-electron chi connectivity index (χ2n) is 3.58. The molecule has 0 saturated carbocycles. The highest BCUT2D eigenvalue weighted by atomic mass is 32.2. The molecular weight excluding hydrogens is 190 g/mol. The standard InChI is InChI=1S/C12H15NS/c1-9-4-10(2)6-12(5-9)8-14-11(3)7-13/h4-6,11H,8H2,1-3H3. The summed E-state index contributed by atoms with van der Waals surface area (Å²) in [5.74, 6) is 0.928. The van der Waals surface area contributed by atoms with Crippen LogP contribution in [-0.2, 0) is 5.75 Å². The highest BCUT2D eigenvalue weighted by Gasteiger charge is 2.01. The van der Waals surface area contributed by atoms with E-state index in [1.54, 1.807) is 11.8 Å². The van der Waals surface area contributed by atoms with Gasteiger partial charge in [0, 0.05) is 5.75 Å². The quantitative estimate of drug-likeness (QED) is 0.754. The number of benzene rings is 1. The van der Waals surface area contributed by atoms with Crippen LogP contribution in [0, 0.1) is 25.2 Å². The smallest absolute Gasteiger partial charge is 0.0891 e. The summed E-state index contributed by atoms with van der Waals surface area (Å²) in [7, 11) is 0. The van der Waals surface area contributed by atoms with Gasteiger partial charge in [-0.05, 0) is 26.3 Å². The van der Waals surface area contributed by atoms with E-state index < -0.39 is 0 Å². The number of aryl methyl sites for hydroxylation is 2. The molecule has 0 aromatic heterocycles. The molecule has 1 nitrogen and oxygen atoms in total. The lowest BCUT2D eigenvalue weighted by Crippen LogP contribution is -1.92. The lowest BCUT2D eigenvalue weighted by Gasteiger charge is -2.05. The molecule has 74 valence electrons. The van der Waals surface area contributed by atoms with Crippen LogP contribution in [0.1, 0.15) is 23.6 Å². The summed E-state index contributed by atoms with van der Waals surface area (Å²) in [4.78, 5) is 0. The average Bonchev–Trinajstić information content (AvgIpc) is 2.12. The van der Waals surface area contributed by atoms with E-state index in [1.165, 1.54) is 16.7 Å². The monoisotopic (exact) mass is 205 g/mol.